The Kier molecular flexibility index (Phi) is 6.86. The van der Waals surface area contributed by atoms with Crippen molar-refractivity contribution in [3.63, 3.8) is 0 Å². The van der Waals surface area contributed by atoms with Crippen LogP contribution < -0.4 is 10.6 Å². The van der Waals surface area contributed by atoms with Crippen LogP contribution in [0, 0.1) is 0 Å². The zero-order valence-electron chi connectivity index (χ0n) is 14.8. The third-order valence-corrected chi connectivity index (χ3v) is 5.69. The average molecular weight is 420 g/mol. The molecule has 5 nitrogen and oxygen atoms in total. The standard InChI is InChI=1S/C18H23ClN4O.2ClH/c1-18(2-7-24-12-18)23-5-3-22(4-6-23)16-9-13-10-17(20)21-11-14(13)8-15(16)19;;/h8-11H,2-7,12H2,1H3,(H2,20,21);2*1H/t18-;;/m0../s1. The van der Waals surface area contributed by atoms with Crippen molar-refractivity contribution in [2.45, 2.75) is 18.9 Å². The first-order chi connectivity index (χ1) is 11.5. The van der Waals surface area contributed by atoms with Gasteiger partial charge in [-0.05, 0) is 36.9 Å². The van der Waals surface area contributed by atoms with Crippen molar-refractivity contribution in [1.82, 2.24) is 9.88 Å². The predicted octanol–water partition coefficient (Wildman–Crippen LogP) is 3.62. The fraction of sp³-hybridized carbons (Fsp3) is 0.500. The zero-order valence-corrected chi connectivity index (χ0v) is 17.2. The molecule has 2 aliphatic rings. The normalized spacial score (nSPS) is 23.5. The maximum Gasteiger partial charge on any atom is 0.123 e. The lowest BCUT2D eigenvalue weighted by Gasteiger charge is -2.44. The second kappa shape index (κ2) is 8.36. The number of hydrogen-bond acceptors (Lipinski definition) is 5. The van der Waals surface area contributed by atoms with Crippen LogP contribution in [-0.2, 0) is 4.74 Å². The first kappa shape index (κ1) is 21.3. The lowest BCUT2D eigenvalue weighted by molar-refractivity contribution is 0.0745. The van der Waals surface area contributed by atoms with Crippen LogP contribution in [0.15, 0.2) is 24.4 Å². The molecule has 8 heteroatoms. The topological polar surface area (TPSA) is 54.6 Å². The second-order valence-corrected chi connectivity index (χ2v) is 7.44. The molecule has 26 heavy (non-hydrogen) atoms. The molecular formula is C18H25Cl3N4O. The number of anilines is 2. The summed E-state index contributed by atoms with van der Waals surface area (Å²) in [6, 6.07) is 6.02. The Labute approximate surface area is 171 Å². The maximum atomic E-state index is 6.53. The molecule has 4 rings (SSSR count). The molecule has 0 radical (unpaired) electrons. The molecule has 0 spiro atoms. The molecule has 1 aromatic carbocycles. The SMILES string of the molecule is C[C@]1(N2CCN(c3cc4cc(N)ncc4cc3Cl)CC2)CCOC1.Cl.Cl. The van der Waals surface area contributed by atoms with Gasteiger partial charge in [-0.3, -0.25) is 4.90 Å². The van der Waals surface area contributed by atoms with E-state index in [1.807, 2.05) is 12.1 Å². The van der Waals surface area contributed by atoms with Gasteiger partial charge in [0.2, 0.25) is 0 Å². The summed E-state index contributed by atoms with van der Waals surface area (Å²) in [5, 5.41) is 2.88. The van der Waals surface area contributed by atoms with Crippen LogP contribution >= 0.6 is 36.4 Å². The van der Waals surface area contributed by atoms with Crippen LogP contribution in [-0.4, -0.2) is 54.8 Å². The summed E-state index contributed by atoms with van der Waals surface area (Å²) in [6.07, 6.45) is 2.90. The molecule has 1 aromatic heterocycles. The number of nitrogen functional groups attached to an aromatic ring is 1. The molecule has 0 aliphatic carbocycles. The molecule has 2 aromatic rings. The lowest BCUT2D eigenvalue weighted by atomic mass is 9.98. The van der Waals surface area contributed by atoms with Gasteiger partial charge in [0, 0.05) is 49.9 Å². The van der Waals surface area contributed by atoms with Crippen molar-refractivity contribution in [3.8, 4) is 0 Å². The first-order valence-corrected chi connectivity index (χ1v) is 8.85. The molecule has 0 bridgehead atoms. The van der Waals surface area contributed by atoms with Crippen molar-refractivity contribution >= 4 is 58.7 Å². The molecule has 2 aliphatic heterocycles. The van der Waals surface area contributed by atoms with Gasteiger partial charge in [0.1, 0.15) is 5.82 Å². The molecule has 0 amide bonds. The van der Waals surface area contributed by atoms with Crippen LogP contribution in [0.1, 0.15) is 13.3 Å². The van der Waals surface area contributed by atoms with E-state index in [0.29, 0.717) is 5.82 Å². The average Bonchev–Trinajstić information content (AvgIpc) is 3.03. The molecule has 0 saturated carbocycles. The minimum atomic E-state index is 0. The third-order valence-electron chi connectivity index (χ3n) is 5.39. The number of rotatable bonds is 2. The van der Waals surface area contributed by atoms with Gasteiger partial charge >= 0.3 is 0 Å². The van der Waals surface area contributed by atoms with Gasteiger partial charge < -0.3 is 15.4 Å². The Balaban J connectivity index is 0.00000121. The summed E-state index contributed by atoms with van der Waals surface area (Å²) in [4.78, 5) is 9.07. The number of halogens is 3. The summed E-state index contributed by atoms with van der Waals surface area (Å²) >= 11 is 6.53. The molecule has 3 heterocycles. The van der Waals surface area contributed by atoms with Gasteiger partial charge in [-0.15, -0.1) is 24.8 Å². The second-order valence-electron chi connectivity index (χ2n) is 7.03. The Bertz CT molecular complexity index is 759. The Morgan fingerprint density at radius 3 is 2.50 bits per heavy atom. The highest BCUT2D eigenvalue weighted by Crippen LogP contribution is 2.33. The van der Waals surface area contributed by atoms with Crippen molar-refractivity contribution in [1.29, 1.82) is 0 Å². The highest BCUT2D eigenvalue weighted by molar-refractivity contribution is 6.34. The van der Waals surface area contributed by atoms with E-state index in [0.717, 1.165) is 67.3 Å². The highest BCUT2D eigenvalue weighted by atomic mass is 35.5. The predicted molar refractivity (Wildman–Crippen MR) is 113 cm³/mol. The van der Waals surface area contributed by atoms with Crippen LogP contribution in [0.5, 0.6) is 0 Å². The van der Waals surface area contributed by atoms with Crippen LogP contribution in [0.4, 0.5) is 11.5 Å². The van der Waals surface area contributed by atoms with Gasteiger partial charge in [-0.1, -0.05) is 11.6 Å². The molecule has 0 unspecified atom stereocenters. The third kappa shape index (κ3) is 3.97. The summed E-state index contributed by atoms with van der Waals surface area (Å²) in [7, 11) is 0. The number of nitrogens with zero attached hydrogens (tertiary/aromatic N) is 3. The Morgan fingerprint density at radius 1 is 1.12 bits per heavy atom. The van der Waals surface area contributed by atoms with Gasteiger partial charge in [0.25, 0.3) is 0 Å². The van der Waals surface area contributed by atoms with Crippen molar-refractivity contribution in [3.05, 3.63) is 29.4 Å². The fourth-order valence-electron chi connectivity index (χ4n) is 3.81. The van der Waals surface area contributed by atoms with E-state index in [9.17, 15) is 0 Å². The summed E-state index contributed by atoms with van der Waals surface area (Å²) in [5.74, 6) is 0.537. The minimum Gasteiger partial charge on any atom is -0.384 e. The van der Waals surface area contributed by atoms with E-state index in [2.05, 4.69) is 27.8 Å². The quantitative estimate of drug-likeness (QED) is 0.806. The van der Waals surface area contributed by atoms with E-state index in [-0.39, 0.29) is 30.4 Å². The van der Waals surface area contributed by atoms with Crippen molar-refractivity contribution in [2.24, 2.45) is 0 Å². The van der Waals surface area contributed by atoms with Gasteiger partial charge in [-0.25, -0.2) is 4.98 Å². The largest absolute Gasteiger partial charge is 0.384 e. The molecule has 2 fully saturated rings. The summed E-state index contributed by atoms with van der Waals surface area (Å²) in [5.41, 5.74) is 7.10. The van der Waals surface area contributed by atoms with Crippen LogP contribution in [0.2, 0.25) is 5.02 Å². The lowest BCUT2D eigenvalue weighted by Crippen LogP contribution is -2.56. The number of ether oxygens (including phenoxy) is 1. The smallest absolute Gasteiger partial charge is 0.123 e. The van der Waals surface area contributed by atoms with Gasteiger partial charge in [0.05, 0.1) is 17.3 Å². The number of piperazine rings is 1. The number of pyridine rings is 1. The summed E-state index contributed by atoms with van der Waals surface area (Å²) in [6.45, 7) is 8.05. The minimum absolute atomic E-state index is 0. The van der Waals surface area contributed by atoms with Crippen LogP contribution in [0.3, 0.4) is 0 Å². The van der Waals surface area contributed by atoms with E-state index in [1.54, 1.807) is 6.20 Å². The first-order valence-electron chi connectivity index (χ1n) is 8.48. The number of aromatic nitrogens is 1. The highest BCUT2D eigenvalue weighted by Gasteiger charge is 2.37. The van der Waals surface area contributed by atoms with Crippen molar-refractivity contribution < 1.29 is 4.74 Å². The Morgan fingerprint density at radius 2 is 1.85 bits per heavy atom. The number of fused-ring (bicyclic) bond motifs is 1. The molecule has 1 atom stereocenters. The number of nitrogens with two attached hydrogens (primary N) is 1. The Hall–Kier alpha value is -0.980. The number of hydrogen-bond donors (Lipinski definition) is 1. The fourth-order valence-corrected chi connectivity index (χ4v) is 4.10. The summed E-state index contributed by atoms with van der Waals surface area (Å²) < 4.78 is 5.61. The maximum absolute atomic E-state index is 6.53. The molecular weight excluding hydrogens is 395 g/mol. The van der Waals surface area contributed by atoms with Gasteiger partial charge in [-0.2, -0.15) is 0 Å². The van der Waals surface area contributed by atoms with E-state index in [1.165, 1.54) is 0 Å². The van der Waals surface area contributed by atoms with Crippen LogP contribution in [0.25, 0.3) is 10.8 Å². The monoisotopic (exact) mass is 418 g/mol. The van der Waals surface area contributed by atoms with Gasteiger partial charge in [0.15, 0.2) is 0 Å². The van der Waals surface area contributed by atoms with E-state index >= 15 is 0 Å². The molecule has 2 N–H and O–H groups in total. The number of benzene rings is 1. The van der Waals surface area contributed by atoms with E-state index < -0.39 is 0 Å². The molecule has 144 valence electrons. The van der Waals surface area contributed by atoms with E-state index in [4.69, 9.17) is 22.1 Å². The molecule has 2 saturated heterocycles. The zero-order chi connectivity index (χ0) is 16.7. The van der Waals surface area contributed by atoms with Crippen molar-refractivity contribution in [2.75, 3.05) is 50.0 Å².